The molecule has 7 nitrogen and oxygen atoms in total. The molecule has 31 heavy (non-hydrogen) atoms. The Kier molecular flexibility index (Phi) is 6.40. The third-order valence-corrected chi connectivity index (χ3v) is 6.05. The van der Waals surface area contributed by atoms with Crippen LogP contribution in [-0.4, -0.2) is 46.2 Å². The van der Waals surface area contributed by atoms with E-state index in [1.165, 1.54) is 7.11 Å². The molecule has 0 saturated carbocycles. The zero-order chi connectivity index (χ0) is 22.9. The fourth-order valence-electron chi connectivity index (χ4n) is 3.22. The van der Waals surface area contributed by atoms with Crippen molar-refractivity contribution >= 4 is 39.5 Å². The maximum absolute atomic E-state index is 13.4. The summed E-state index contributed by atoms with van der Waals surface area (Å²) in [7, 11) is 1.27. The van der Waals surface area contributed by atoms with Crippen molar-refractivity contribution in [3.05, 3.63) is 65.0 Å². The molecule has 0 saturated heterocycles. The van der Waals surface area contributed by atoms with Gasteiger partial charge in [0.1, 0.15) is 11.2 Å². The van der Waals surface area contributed by atoms with E-state index in [9.17, 15) is 14.4 Å². The van der Waals surface area contributed by atoms with Gasteiger partial charge in [0.2, 0.25) is 0 Å². The Morgan fingerprint density at radius 2 is 1.81 bits per heavy atom. The Morgan fingerprint density at radius 1 is 1.16 bits per heavy atom. The summed E-state index contributed by atoms with van der Waals surface area (Å²) in [6.07, 6.45) is 1.59. The monoisotopic (exact) mass is 485 g/mol. The predicted octanol–water partition coefficient (Wildman–Crippen LogP) is 4.17. The lowest BCUT2D eigenvalue weighted by Gasteiger charge is -2.25. The van der Waals surface area contributed by atoms with Crippen molar-refractivity contribution in [2.75, 3.05) is 7.11 Å². The second-order valence-electron chi connectivity index (χ2n) is 7.82. The van der Waals surface area contributed by atoms with Crippen LogP contribution in [-0.2, 0) is 9.53 Å². The van der Waals surface area contributed by atoms with Crippen molar-refractivity contribution in [2.24, 2.45) is 10.9 Å². The molecule has 1 aromatic heterocycles. The molecule has 1 aromatic carbocycles. The van der Waals surface area contributed by atoms with Gasteiger partial charge in [-0.3, -0.25) is 14.6 Å². The van der Waals surface area contributed by atoms with Gasteiger partial charge >= 0.3 is 5.97 Å². The van der Waals surface area contributed by atoms with Crippen molar-refractivity contribution in [3.63, 3.8) is 0 Å². The van der Waals surface area contributed by atoms with Crippen LogP contribution in [0.5, 0.6) is 0 Å². The average Bonchev–Trinajstić information content (AvgIpc) is 3.04. The first-order valence-corrected chi connectivity index (χ1v) is 10.8. The fraction of sp³-hybridized carbons (Fsp3) is 0.348. The van der Waals surface area contributed by atoms with E-state index in [1.807, 2.05) is 20.8 Å². The van der Waals surface area contributed by atoms with Crippen molar-refractivity contribution in [2.45, 2.75) is 38.1 Å². The SMILES string of the molecule is COC(=O)c1cc(C(C)Br)cnc1C1=NC(C)(C(C)C)C(=O)N1C(=O)c1ccccc1. The molecule has 0 bridgehead atoms. The average molecular weight is 486 g/mol. The van der Waals surface area contributed by atoms with Gasteiger partial charge in [0.25, 0.3) is 11.8 Å². The highest BCUT2D eigenvalue weighted by Gasteiger charge is 2.50. The number of rotatable bonds is 5. The third-order valence-electron chi connectivity index (χ3n) is 5.52. The Balaban J connectivity index is 2.23. The van der Waals surface area contributed by atoms with Gasteiger partial charge in [0.05, 0.1) is 12.7 Å². The molecule has 2 aromatic rings. The molecule has 2 unspecified atom stereocenters. The zero-order valence-electron chi connectivity index (χ0n) is 18.0. The minimum Gasteiger partial charge on any atom is -0.465 e. The maximum atomic E-state index is 13.4. The molecule has 0 aliphatic carbocycles. The molecule has 1 aliphatic rings. The Labute approximate surface area is 189 Å². The molecule has 0 radical (unpaired) electrons. The van der Waals surface area contributed by atoms with E-state index in [4.69, 9.17) is 4.74 Å². The van der Waals surface area contributed by atoms with Crippen LogP contribution in [0.4, 0.5) is 0 Å². The number of imide groups is 1. The second-order valence-corrected chi connectivity index (χ2v) is 9.20. The van der Waals surface area contributed by atoms with E-state index < -0.39 is 23.3 Å². The lowest BCUT2D eigenvalue weighted by molar-refractivity contribution is -0.130. The van der Waals surface area contributed by atoms with Gasteiger partial charge in [-0.05, 0) is 43.5 Å². The van der Waals surface area contributed by atoms with Crippen LogP contribution in [0, 0.1) is 5.92 Å². The van der Waals surface area contributed by atoms with Crippen LogP contribution in [0.3, 0.4) is 0 Å². The van der Waals surface area contributed by atoms with Gasteiger partial charge in [-0.2, -0.15) is 0 Å². The standard InChI is InChI=1S/C23H24BrN3O4/c1-13(2)23(4)22(30)27(20(28)15-9-7-6-8-10-15)19(26-23)18-17(21(29)31-5)11-16(12-25-18)14(3)24/h6-14H,1-5H3. The molecule has 2 atom stereocenters. The number of pyridine rings is 1. The number of esters is 1. The van der Waals surface area contributed by atoms with Crippen LogP contribution in [0.2, 0.25) is 0 Å². The van der Waals surface area contributed by atoms with Gasteiger partial charge in [0.15, 0.2) is 5.84 Å². The quantitative estimate of drug-likeness (QED) is 0.360. The highest BCUT2D eigenvalue weighted by Crippen LogP contribution is 2.34. The maximum Gasteiger partial charge on any atom is 0.340 e. The van der Waals surface area contributed by atoms with Gasteiger partial charge in [-0.25, -0.2) is 14.7 Å². The van der Waals surface area contributed by atoms with Crippen molar-refractivity contribution < 1.29 is 19.1 Å². The molecule has 8 heteroatoms. The molecule has 162 valence electrons. The van der Waals surface area contributed by atoms with E-state index >= 15 is 0 Å². The van der Waals surface area contributed by atoms with Crippen LogP contribution in [0.25, 0.3) is 0 Å². The van der Waals surface area contributed by atoms with E-state index in [-0.39, 0.29) is 27.8 Å². The molecule has 0 fully saturated rings. The normalized spacial score (nSPS) is 19.4. The molecule has 2 heterocycles. The van der Waals surface area contributed by atoms with Gasteiger partial charge < -0.3 is 4.74 Å². The first-order chi connectivity index (χ1) is 14.6. The summed E-state index contributed by atoms with van der Waals surface area (Å²) in [5.74, 6) is -1.75. The molecule has 0 N–H and O–H groups in total. The summed E-state index contributed by atoms with van der Waals surface area (Å²) in [5.41, 5.74) is 0.182. The summed E-state index contributed by atoms with van der Waals surface area (Å²) in [5, 5.41) is 0. The molecule has 0 spiro atoms. The van der Waals surface area contributed by atoms with Crippen LogP contribution >= 0.6 is 15.9 Å². The molecule has 3 rings (SSSR count). The number of alkyl halides is 1. The number of aromatic nitrogens is 1. The van der Waals surface area contributed by atoms with Crippen molar-refractivity contribution in [1.82, 2.24) is 9.88 Å². The first-order valence-electron chi connectivity index (χ1n) is 9.88. The van der Waals surface area contributed by atoms with Crippen LogP contribution in [0.15, 0.2) is 47.6 Å². The number of hydrogen-bond acceptors (Lipinski definition) is 6. The highest BCUT2D eigenvalue weighted by atomic mass is 79.9. The fourth-order valence-corrected chi connectivity index (χ4v) is 3.47. The van der Waals surface area contributed by atoms with E-state index in [2.05, 4.69) is 25.9 Å². The number of amidine groups is 1. The molecule has 2 amide bonds. The van der Waals surface area contributed by atoms with Gasteiger partial charge in [-0.1, -0.05) is 48.0 Å². The number of benzene rings is 1. The van der Waals surface area contributed by atoms with E-state index in [1.54, 1.807) is 49.5 Å². The summed E-state index contributed by atoms with van der Waals surface area (Å²) < 4.78 is 4.94. The summed E-state index contributed by atoms with van der Waals surface area (Å²) in [6.45, 7) is 7.31. The van der Waals surface area contributed by atoms with Crippen LogP contribution in [0.1, 0.15) is 64.5 Å². The van der Waals surface area contributed by atoms with E-state index in [0.717, 1.165) is 10.5 Å². The predicted molar refractivity (Wildman–Crippen MR) is 120 cm³/mol. The molecular formula is C23H24BrN3O4. The Morgan fingerprint density at radius 3 is 2.35 bits per heavy atom. The number of nitrogens with zero attached hydrogens (tertiary/aromatic N) is 3. The topological polar surface area (TPSA) is 88.9 Å². The Hall–Kier alpha value is -2.87. The summed E-state index contributed by atoms with van der Waals surface area (Å²) >= 11 is 3.47. The summed E-state index contributed by atoms with van der Waals surface area (Å²) in [6, 6.07) is 10.1. The van der Waals surface area contributed by atoms with Crippen molar-refractivity contribution in [3.8, 4) is 0 Å². The second kappa shape index (κ2) is 8.70. The van der Waals surface area contributed by atoms with Crippen LogP contribution < -0.4 is 0 Å². The molecular weight excluding hydrogens is 462 g/mol. The minimum absolute atomic E-state index is 0.0456. The third kappa shape index (κ3) is 4.04. The summed E-state index contributed by atoms with van der Waals surface area (Å²) in [4.78, 5) is 49.4. The largest absolute Gasteiger partial charge is 0.465 e. The number of carbonyl (C=O) groups is 3. The van der Waals surface area contributed by atoms with Crippen molar-refractivity contribution in [1.29, 1.82) is 0 Å². The number of amides is 2. The number of halogens is 1. The van der Waals surface area contributed by atoms with Gasteiger partial charge in [0, 0.05) is 16.6 Å². The zero-order valence-corrected chi connectivity index (χ0v) is 19.6. The Bertz CT molecular complexity index is 1070. The molecule has 1 aliphatic heterocycles. The highest BCUT2D eigenvalue weighted by molar-refractivity contribution is 9.09. The minimum atomic E-state index is -1.17. The number of aliphatic imine (C=N–C) groups is 1. The number of ether oxygens (including phenoxy) is 1. The van der Waals surface area contributed by atoms with Gasteiger partial charge in [-0.15, -0.1) is 0 Å². The lowest BCUT2D eigenvalue weighted by atomic mass is 9.88. The first kappa shape index (κ1) is 22.8. The number of carbonyl (C=O) groups excluding carboxylic acids is 3. The number of hydrogen-bond donors (Lipinski definition) is 0. The lowest BCUT2D eigenvalue weighted by Crippen LogP contribution is -2.47. The van der Waals surface area contributed by atoms with E-state index in [0.29, 0.717) is 5.56 Å². The smallest absolute Gasteiger partial charge is 0.340 e. The number of methoxy groups -OCH3 is 1.